The highest BCUT2D eigenvalue weighted by molar-refractivity contribution is 5.78. The van der Waals surface area contributed by atoms with Crippen molar-refractivity contribution >= 4 is 11.0 Å². The number of imidazole rings is 1. The van der Waals surface area contributed by atoms with Gasteiger partial charge in [0.25, 0.3) is 0 Å². The van der Waals surface area contributed by atoms with Crippen LogP contribution in [-0.4, -0.2) is 23.2 Å². The summed E-state index contributed by atoms with van der Waals surface area (Å²) in [6.45, 7) is 5.94. The van der Waals surface area contributed by atoms with Crippen molar-refractivity contribution in [1.82, 2.24) is 9.55 Å². The van der Waals surface area contributed by atoms with Gasteiger partial charge < -0.3 is 15.0 Å². The average molecular weight is 247 g/mol. The Kier molecular flexibility index (Phi) is 3.87. The number of ether oxygens (including phenoxy) is 1. The average Bonchev–Trinajstić information content (AvgIpc) is 2.76. The van der Waals surface area contributed by atoms with Crippen molar-refractivity contribution < 1.29 is 4.74 Å². The minimum absolute atomic E-state index is 0.383. The second-order valence-corrected chi connectivity index (χ2v) is 4.55. The summed E-state index contributed by atoms with van der Waals surface area (Å²) in [6.07, 6.45) is 0.959. The Morgan fingerprint density at radius 2 is 2.22 bits per heavy atom. The number of aromatic nitrogens is 2. The molecule has 0 aliphatic carbocycles. The smallest absolute Gasteiger partial charge is 0.121 e. The summed E-state index contributed by atoms with van der Waals surface area (Å²) in [5.74, 6) is 2.35. The van der Waals surface area contributed by atoms with E-state index in [-0.39, 0.29) is 0 Å². The van der Waals surface area contributed by atoms with Crippen LogP contribution in [0.1, 0.15) is 32.0 Å². The van der Waals surface area contributed by atoms with Gasteiger partial charge in [0, 0.05) is 18.5 Å². The molecule has 0 aliphatic rings. The maximum atomic E-state index is 5.64. The maximum Gasteiger partial charge on any atom is 0.121 e. The lowest BCUT2D eigenvalue weighted by molar-refractivity contribution is 0.415. The van der Waals surface area contributed by atoms with Crippen LogP contribution in [0.25, 0.3) is 11.0 Å². The second kappa shape index (κ2) is 5.40. The van der Waals surface area contributed by atoms with Crippen molar-refractivity contribution in [1.29, 1.82) is 0 Å². The van der Waals surface area contributed by atoms with Gasteiger partial charge in [-0.15, -0.1) is 0 Å². The maximum absolute atomic E-state index is 5.64. The number of rotatable bonds is 5. The predicted octanol–water partition coefficient (Wildman–Crippen LogP) is 2.52. The van der Waals surface area contributed by atoms with Crippen LogP contribution in [0.15, 0.2) is 18.2 Å². The molecule has 0 fully saturated rings. The summed E-state index contributed by atoms with van der Waals surface area (Å²) in [6, 6.07) is 6.04. The van der Waals surface area contributed by atoms with Crippen molar-refractivity contribution in [3.8, 4) is 5.75 Å². The second-order valence-electron chi connectivity index (χ2n) is 4.55. The first-order valence-corrected chi connectivity index (χ1v) is 6.45. The molecule has 0 bridgehead atoms. The summed E-state index contributed by atoms with van der Waals surface area (Å²) in [5, 5.41) is 0. The SMILES string of the molecule is CCn1c(C(C)CCN)nc2cc(OC)ccc21. The van der Waals surface area contributed by atoms with E-state index >= 15 is 0 Å². The molecule has 1 aromatic heterocycles. The van der Waals surface area contributed by atoms with Crippen molar-refractivity contribution in [2.24, 2.45) is 5.73 Å². The third kappa shape index (κ3) is 2.20. The molecule has 98 valence electrons. The standard InChI is InChI=1S/C14H21N3O/c1-4-17-13-6-5-11(18-3)9-12(13)16-14(17)10(2)7-8-15/h5-6,9-10H,4,7-8,15H2,1-3H3. The number of nitrogens with zero attached hydrogens (tertiary/aromatic N) is 2. The third-order valence-electron chi connectivity index (χ3n) is 3.34. The molecular formula is C14H21N3O. The first-order chi connectivity index (χ1) is 8.71. The van der Waals surface area contributed by atoms with Crippen LogP contribution in [0.5, 0.6) is 5.75 Å². The Labute approximate surface area is 108 Å². The van der Waals surface area contributed by atoms with Crippen LogP contribution >= 0.6 is 0 Å². The van der Waals surface area contributed by atoms with Crippen molar-refractivity contribution in [2.75, 3.05) is 13.7 Å². The molecule has 1 aromatic carbocycles. The Bertz CT molecular complexity index is 533. The Hall–Kier alpha value is -1.55. The highest BCUT2D eigenvalue weighted by Crippen LogP contribution is 2.26. The van der Waals surface area contributed by atoms with Crippen LogP contribution < -0.4 is 10.5 Å². The molecule has 0 saturated carbocycles. The highest BCUT2D eigenvalue weighted by atomic mass is 16.5. The van der Waals surface area contributed by atoms with Crippen molar-refractivity contribution in [3.63, 3.8) is 0 Å². The van der Waals surface area contributed by atoms with Gasteiger partial charge in [0.15, 0.2) is 0 Å². The summed E-state index contributed by atoms with van der Waals surface area (Å²) >= 11 is 0. The molecule has 1 unspecified atom stereocenters. The molecule has 2 rings (SSSR count). The van der Waals surface area contributed by atoms with Gasteiger partial charge >= 0.3 is 0 Å². The zero-order chi connectivity index (χ0) is 13.1. The van der Waals surface area contributed by atoms with Gasteiger partial charge in [0.2, 0.25) is 0 Å². The number of aryl methyl sites for hydroxylation is 1. The van der Waals surface area contributed by atoms with Crippen LogP contribution in [0.2, 0.25) is 0 Å². The van der Waals surface area contributed by atoms with Crippen LogP contribution in [-0.2, 0) is 6.54 Å². The minimum Gasteiger partial charge on any atom is -0.497 e. The molecule has 0 saturated heterocycles. The molecular weight excluding hydrogens is 226 g/mol. The van der Waals surface area contributed by atoms with Crippen molar-refractivity contribution in [3.05, 3.63) is 24.0 Å². The minimum atomic E-state index is 0.383. The van der Waals surface area contributed by atoms with Gasteiger partial charge in [-0.25, -0.2) is 4.98 Å². The van der Waals surface area contributed by atoms with E-state index < -0.39 is 0 Å². The van der Waals surface area contributed by atoms with E-state index in [0.717, 1.165) is 35.6 Å². The third-order valence-corrected chi connectivity index (χ3v) is 3.34. The van der Waals surface area contributed by atoms with Crippen LogP contribution in [0.3, 0.4) is 0 Å². The highest BCUT2D eigenvalue weighted by Gasteiger charge is 2.15. The van der Waals surface area contributed by atoms with Crippen LogP contribution in [0.4, 0.5) is 0 Å². The number of benzene rings is 1. The van der Waals surface area contributed by atoms with Gasteiger partial charge in [0.1, 0.15) is 11.6 Å². The van der Waals surface area contributed by atoms with E-state index in [9.17, 15) is 0 Å². The van der Waals surface area contributed by atoms with Gasteiger partial charge in [-0.05, 0) is 32.0 Å². The van der Waals surface area contributed by atoms with Crippen molar-refractivity contribution in [2.45, 2.75) is 32.7 Å². The van der Waals surface area contributed by atoms with E-state index in [1.807, 2.05) is 12.1 Å². The predicted molar refractivity (Wildman–Crippen MR) is 74.0 cm³/mol. The number of hydrogen-bond donors (Lipinski definition) is 1. The molecule has 1 heterocycles. The molecule has 4 heteroatoms. The zero-order valence-electron chi connectivity index (χ0n) is 11.3. The molecule has 4 nitrogen and oxygen atoms in total. The number of nitrogens with two attached hydrogens (primary N) is 1. The van der Waals surface area contributed by atoms with Crippen LogP contribution in [0, 0.1) is 0 Å². The van der Waals surface area contributed by atoms with Gasteiger partial charge in [-0.1, -0.05) is 6.92 Å². The van der Waals surface area contributed by atoms with E-state index in [0.29, 0.717) is 12.5 Å². The summed E-state index contributed by atoms with van der Waals surface area (Å²) in [4.78, 5) is 4.74. The van der Waals surface area contributed by atoms with E-state index in [1.54, 1.807) is 7.11 Å². The quantitative estimate of drug-likeness (QED) is 0.883. The largest absolute Gasteiger partial charge is 0.497 e. The molecule has 2 N–H and O–H groups in total. The Morgan fingerprint density at radius 1 is 1.44 bits per heavy atom. The summed E-state index contributed by atoms with van der Waals surface area (Å²) in [5.41, 5.74) is 7.80. The molecule has 0 amide bonds. The topological polar surface area (TPSA) is 53.1 Å². The van der Waals surface area contributed by atoms with E-state index in [2.05, 4.69) is 24.5 Å². The fourth-order valence-corrected chi connectivity index (χ4v) is 2.34. The van der Waals surface area contributed by atoms with Gasteiger partial charge in [-0.2, -0.15) is 0 Å². The first kappa shape index (κ1) is 12.9. The lowest BCUT2D eigenvalue weighted by atomic mass is 10.1. The molecule has 0 aliphatic heterocycles. The Morgan fingerprint density at radius 3 is 2.83 bits per heavy atom. The van der Waals surface area contributed by atoms with Gasteiger partial charge in [0.05, 0.1) is 18.1 Å². The monoisotopic (exact) mass is 247 g/mol. The lowest BCUT2D eigenvalue weighted by Gasteiger charge is -2.12. The summed E-state index contributed by atoms with van der Waals surface area (Å²) in [7, 11) is 1.68. The van der Waals surface area contributed by atoms with Gasteiger partial charge in [-0.3, -0.25) is 0 Å². The zero-order valence-corrected chi connectivity index (χ0v) is 11.3. The fraction of sp³-hybridized carbons (Fsp3) is 0.500. The Balaban J connectivity index is 2.52. The fourth-order valence-electron chi connectivity index (χ4n) is 2.34. The molecule has 1 atom stereocenters. The molecule has 18 heavy (non-hydrogen) atoms. The first-order valence-electron chi connectivity index (χ1n) is 6.45. The normalized spacial score (nSPS) is 12.9. The van der Waals surface area contributed by atoms with E-state index in [4.69, 9.17) is 15.5 Å². The lowest BCUT2D eigenvalue weighted by Crippen LogP contribution is -2.10. The molecule has 0 spiro atoms. The number of fused-ring (bicyclic) bond motifs is 1. The van der Waals surface area contributed by atoms with E-state index in [1.165, 1.54) is 0 Å². The number of methoxy groups -OCH3 is 1. The molecule has 2 aromatic rings. The summed E-state index contributed by atoms with van der Waals surface area (Å²) < 4.78 is 7.50. The number of hydrogen-bond acceptors (Lipinski definition) is 3. The molecule has 0 radical (unpaired) electrons.